The minimum atomic E-state index is -0.515. The Morgan fingerprint density at radius 2 is 1.12 bits per heavy atom. The molecule has 0 radical (unpaired) electrons. The van der Waals surface area contributed by atoms with E-state index in [0.717, 1.165) is 11.0 Å². The summed E-state index contributed by atoms with van der Waals surface area (Å²) in [6, 6.07) is 14.5. The summed E-state index contributed by atoms with van der Waals surface area (Å²) in [6.45, 7) is 0. The van der Waals surface area contributed by atoms with Crippen LogP contribution in [0.3, 0.4) is 0 Å². The van der Waals surface area contributed by atoms with E-state index in [2.05, 4.69) is 20.5 Å². The molecule has 0 aliphatic rings. The largest absolute Gasteiger partial charge is 0.493 e. The maximum absolute atomic E-state index is 12.1. The number of aryl methyl sites for hydroxylation is 2. The van der Waals surface area contributed by atoms with Gasteiger partial charge in [0.1, 0.15) is 0 Å². The highest BCUT2D eigenvalue weighted by Crippen LogP contribution is 2.38. The molecule has 2 N–H and O–H groups in total. The summed E-state index contributed by atoms with van der Waals surface area (Å²) < 4.78 is 3.12. The van der Waals surface area contributed by atoms with Gasteiger partial charge in [0.15, 0.2) is 11.4 Å². The van der Waals surface area contributed by atoms with Crippen LogP contribution in [-0.2, 0) is 23.7 Å². The fraction of sp³-hybridized carbons (Fsp3) is 0.217. The third-order valence-electron chi connectivity index (χ3n) is 5.40. The van der Waals surface area contributed by atoms with Gasteiger partial charge in [0.25, 0.3) is 11.8 Å². The predicted octanol–water partition coefficient (Wildman–Crippen LogP) is 5.17. The molecule has 0 unspecified atom stereocenters. The summed E-state index contributed by atoms with van der Waals surface area (Å²) in [5, 5.41) is 37.0. The number of aromatic hydroxyl groups is 2. The van der Waals surface area contributed by atoms with Crippen LogP contribution in [0.25, 0.3) is 21.8 Å². The SMILES string of the molecule is Cn1c(O)c(N=NC(=O)CCCC(=O)N=Nc2c(O)n(C)c3ccccc23)c2ccccc21. The Labute approximate surface area is 188 Å². The molecular weight excluding hydrogens is 424 g/mol. The second-order valence-electron chi connectivity index (χ2n) is 7.54. The van der Waals surface area contributed by atoms with Crippen molar-refractivity contribution in [3.63, 3.8) is 0 Å². The first-order valence-corrected chi connectivity index (χ1v) is 10.3. The van der Waals surface area contributed by atoms with Crippen LogP contribution in [0, 0.1) is 0 Å². The number of benzene rings is 2. The third-order valence-corrected chi connectivity index (χ3v) is 5.40. The summed E-state index contributed by atoms with van der Waals surface area (Å²) in [5.41, 5.74) is 1.98. The number of hydrogen-bond donors (Lipinski definition) is 2. The van der Waals surface area contributed by atoms with Gasteiger partial charge in [-0.3, -0.25) is 9.59 Å². The number of aromatic nitrogens is 2. The standard InChI is InChI=1S/C23H22N6O4/c1-28-16-10-5-3-8-14(16)20(22(28)32)26-24-18(30)12-7-13-19(31)25-27-21-15-9-4-6-11-17(15)29(2)23(21)33/h3-6,8-11,32-33H,7,12-13H2,1-2H3. The molecule has 2 amide bonds. The Hall–Kier alpha value is -4.34. The summed E-state index contributed by atoms with van der Waals surface area (Å²) in [6.07, 6.45) is 0.213. The molecule has 2 aromatic heterocycles. The normalized spacial score (nSPS) is 11.9. The van der Waals surface area contributed by atoms with E-state index in [1.54, 1.807) is 47.5 Å². The lowest BCUT2D eigenvalue weighted by Gasteiger charge is -1.96. The summed E-state index contributed by atoms with van der Waals surface area (Å²) in [4.78, 5) is 24.2. The van der Waals surface area contributed by atoms with Crippen LogP contribution in [-0.4, -0.2) is 31.2 Å². The van der Waals surface area contributed by atoms with Crippen LogP contribution in [0.1, 0.15) is 19.3 Å². The Balaban J connectivity index is 1.35. The maximum atomic E-state index is 12.1. The van der Waals surface area contributed by atoms with E-state index in [4.69, 9.17) is 0 Å². The van der Waals surface area contributed by atoms with Crippen molar-refractivity contribution in [1.29, 1.82) is 0 Å². The second kappa shape index (κ2) is 9.03. The molecule has 0 spiro atoms. The van der Waals surface area contributed by atoms with Crippen molar-refractivity contribution in [2.75, 3.05) is 0 Å². The van der Waals surface area contributed by atoms with Crippen molar-refractivity contribution < 1.29 is 19.8 Å². The van der Waals surface area contributed by atoms with Gasteiger partial charge in [-0.25, -0.2) is 0 Å². The zero-order chi connectivity index (χ0) is 23.5. The molecule has 0 bridgehead atoms. The van der Waals surface area contributed by atoms with E-state index in [0.29, 0.717) is 10.8 Å². The van der Waals surface area contributed by atoms with E-state index < -0.39 is 11.8 Å². The number of carbonyl (C=O) groups excluding carboxylic acids is 2. The number of amides is 2. The molecule has 2 heterocycles. The average Bonchev–Trinajstić information content (AvgIpc) is 3.21. The highest BCUT2D eigenvalue weighted by molar-refractivity contribution is 5.96. The van der Waals surface area contributed by atoms with E-state index in [-0.39, 0.29) is 42.4 Å². The molecule has 0 saturated carbocycles. The third kappa shape index (κ3) is 4.22. The van der Waals surface area contributed by atoms with E-state index >= 15 is 0 Å². The van der Waals surface area contributed by atoms with Gasteiger partial charge in [0, 0.05) is 37.7 Å². The van der Waals surface area contributed by atoms with Crippen LogP contribution >= 0.6 is 0 Å². The van der Waals surface area contributed by atoms with Crippen molar-refractivity contribution in [2.45, 2.75) is 19.3 Å². The maximum Gasteiger partial charge on any atom is 0.264 e. The van der Waals surface area contributed by atoms with Crippen molar-refractivity contribution in [3.05, 3.63) is 48.5 Å². The molecule has 4 aromatic rings. The molecule has 0 fully saturated rings. The molecular formula is C23H22N6O4. The van der Waals surface area contributed by atoms with Crippen molar-refractivity contribution in [1.82, 2.24) is 9.13 Å². The highest BCUT2D eigenvalue weighted by Gasteiger charge is 2.15. The molecule has 0 aliphatic heterocycles. The van der Waals surface area contributed by atoms with Crippen LogP contribution in [0.5, 0.6) is 11.8 Å². The van der Waals surface area contributed by atoms with Crippen LogP contribution in [0.2, 0.25) is 0 Å². The minimum absolute atomic E-state index is 0.00416. The minimum Gasteiger partial charge on any atom is -0.493 e. The van der Waals surface area contributed by atoms with Gasteiger partial charge in [-0.2, -0.15) is 0 Å². The number of rotatable bonds is 6. The molecule has 0 atom stereocenters. The predicted molar refractivity (Wildman–Crippen MR) is 122 cm³/mol. The van der Waals surface area contributed by atoms with Crippen molar-refractivity contribution >= 4 is 45.0 Å². The topological polar surface area (TPSA) is 134 Å². The van der Waals surface area contributed by atoms with E-state index in [1.807, 2.05) is 24.3 Å². The lowest BCUT2D eigenvalue weighted by atomic mass is 10.2. The molecule has 0 saturated heterocycles. The van der Waals surface area contributed by atoms with Gasteiger partial charge in [-0.15, -0.1) is 20.5 Å². The zero-order valence-corrected chi connectivity index (χ0v) is 18.1. The van der Waals surface area contributed by atoms with Crippen LogP contribution in [0.15, 0.2) is 69.0 Å². The molecule has 33 heavy (non-hydrogen) atoms. The van der Waals surface area contributed by atoms with Gasteiger partial charge < -0.3 is 19.3 Å². The van der Waals surface area contributed by atoms with Crippen LogP contribution in [0.4, 0.5) is 11.4 Å². The summed E-state index contributed by atoms with van der Waals surface area (Å²) in [7, 11) is 3.38. The number of para-hydroxylation sites is 2. The molecule has 2 aromatic carbocycles. The Morgan fingerprint density at radius 1 is 0.727 bits per heavy atom. The average molecular weight is 446 g/mol. The lowest BCUT2D eigenvalue weighted by molar-refractivity contribution is -0.119. The number of nitrogens with zero attached hydrogens (tertiary/aromatic N) is 6. The monoisotopic (exact) mass is 446 g/mol. The number of hydrogen-bond acceptors (Lipinski definition) is 6. The molecule has 4 rings (SSSR count). The van der Waals surface area contributed by atoms with Gasteiger partial charge in [0.2, 0.25) is 11.8 Å². The number of carbonyl (C=O) groups is 2. The molecule has 10 heteroatoms. The summed E-state index contributed by atoms with van der Waals surface area (Å²) >= 11 is 0. The summed E-state index contributed by atoms with van der Waals surface area (Å²) in [5.74, 6) is -1.20. The quantitative estimate of drug-likeness (QED) is 0.395. The zero-order valence-electron chi connectivity index (χ0n) is 18.1. The smallest absolute Gasteiger partial charge is 0.264 e. The molecule has 168 valence electrons. The lowest BCUT2D eigenvalue weighted by Crippen LogP contribution is -1.96. The molecule has 10 nitrogen and oxygen atoms in total. The molecule has 0 aliphatic carbocycles. The van der Waals surface area contributed by atoms with Crippen molar-refractivity contribution in [3.8, 4) is 11.8 Å². The van der Waals surface area contributed by atoms with Gasteiger partial charge >= 0.3 is 0 Å². The van der Waals surface area contributed by atoms with E-state index in [9.17, 15) is 19.8 Å². The first kappa shape index (κ1) is 21.9. The van der Waals surface area contributed by atoms with Crippen LogP contribution < -0.4 is 0 Å². The fourth-order valence-electron chi connectivity index (χ4n) is 3.62. The highest BCUT2D eigenvalue weighted by atomic mass is 16.3. The Kier molecular flexibility index (Phi) is 5.99. The Morgan fingerprint density at radius 3 is 1.55 bits per heavy atom. The fourth-order valence-corrected chi connectivity index (χ4v) is 3.62. The first-order chi connectivity index (χ1) is 15.9. The van der Waals surface area contributed by atoms with E-state index in [1.165, 1.54) is 0 Å². The first-order valence-electron chi connectivity index (χ1n) is 10.3. The Bertz CT molecular complexity index is 1320. The van der Waals surface area contributed by atoms with Crippen molar-refractivity contribution in [2.24, 2.45) is 34.6 Å². The van der Waals surface area contributed by atoms with Gasteiger partial charge in [-0.1, -0.05) is 36.4 Å². The number of azo groups is 2. The number of fused-ring (bicyclic) bond motifs is 2. The second-order valence-corrected chi connectivity index (χ2v) is 7.54. The van der Waals surface area contributed by atoms with Gasteiger partial charge in [-0.05, 0) is 18.6 Å². The van der Waals surface area contributed by atoms with Gasteiger partial charge in [0.05, 0.1) is 11.0 Å².